The van der Waals surface area contributed by atoms with Crippen LogP contribution in [0.25, 0.3) is 0 Å². The van der Waals surface area contributed by atoms with Gasteiger partial charge in [0.25, 0.3) is 0 Å². The van der Waals surface area contributed by atoms with E-state index in [0.717, 1.165) is 49.5 Å². The Morgan fingerprint density at radius 1 is 0.842 bits per heavy atom. The molecule has 0 saturated carbocycles. The standard InChI is InChI=1S/C32H37N3O3/c1-2-3-20-35-30(36)29(23-25-10-6-4-7-11-25)33-31(37)32(35)18-21-34(22-19-32)24-26-14-16-28(17-15-26)38-27-12-8-5-9-13-27/h4-17,29H,2-3,18-24H2,1H3,(H,33,37). The SMILES string of the molecule is CCCCN1C(=O)C(Cc2ccccc2)NC(=O)C12CCN(Cc1ccc(Oc3ccccc3)cc1)CC2. The van der Waals surface area contributed by atoms with Gasteiger partial charge in [-0.05, 0) is 54.7 Å². The van der Waals surface area contributed by atoms with Gasteiger partial charge in [0, 0.05) is 32.6 Å². The molecule has 3 aromatic rings. The van der Waals surface area contributed by atoms with Crippen LogP contribution in [0.2, 0.25) is 0 Å². The van der Waals surface area contributed by atoms with E-state index in [1.54, 1.807) is 0 Å². The van der Waals surface area contributed by atoms with Crippen molar-refractivity contribution in [2.24, 2.45) is 0 Å². The van der Waals surface area contributed by atoms with Crippen molar-refractivity contribution in [2.75, 3.05) is 19.6 Å². The maximum Gasteiger partial charge on any atom is 0.246 e. The average Bonchev–Trinajstić information content (AvgIpc) is 2.95. The molecular weight excluding hydrogens is 474 g/mol. The van der Waals surface area contributed by atoms with E-state index in [1.165, 1.54) is 5.56 Å². The summed E-state index contributed by atoms with van der Waals surface area (Å²) in [5.74, 6) is 1.70. The van der Waals surface area contributed by atoms with E-state index in [4.69, 9.17) is 4.74 Å². The fourth-order valence-electron chi connectivity index (χ4n) is 5.63. The third kappa shape index (κ3) is 5.76. The van der Waals surface area contributed by atoms with E-state index in [2.05, 4.69) is 29.3 Å². The Kier molecular flexibility index (Phi) is 8.08. The second-order valence-electron chi connectivity index (χ2n) is 10.4. The number of para-hydroxylation sites is 1. The fraction of sp³-hybridized carbons (Fsp3) is 0.375. The number of benzene rings is 3. The van der Waals surface area contributed by atoms with Crippen LogP contribution in [-0.4, -0.2) is 52.8 Å². The van der Waals surface area contributed by atoms with Crippen LogP contribution < -0.4 is 10.1 Å². The molecule has 0 radical (unpaired) electrons. The summed E-state index contributed by atoms with van der Waals surface area (Å²) in [6.45, 7) is 5.12. The van der Waals surface area contributed by atoms with Crippen LogP contribution in [0.1, 0.15) is 43.7 Å². The molecule has 1 unspecified atom stereocenters. The fourth-order valence-corrected chi connectivity index (χ4v) is 5.63. The number of piperazine rings is 1. The number of carbonyl (C=O) groups excluding carboxylic acids is 2. The third-order valence-electron chi connectivity index (χ3n) is 7.82. The van der Waals surface area contributed by atoms with Gasteiger partial charge in [-0.3, -0.25) is 14.5 Å². The largest absolute Gasteiger partial charge is 0.457 e. The van der Waals surface area contributed by atoms with Crippen molar-refractivity contribution < 1.29 is 14.3 Å². The Hall–Kier alpha value is -3.64. The molecular formula is C32H37N3O3. The maximum absolute atomic E-state index is 13.7. The second-order valence-corrected chi connectivity index (χ2v) is 10.4. The van der Waals surface area contributed by atoms with Gasteiger partial charge in [-0.1, -0.05) is 74.0 Å². The number of amides is 2. The van der Waals surface area contributed by atoms with Crippen LogP contribution in [0.15, 0.2) is 84.9 Å². The summed E-state index contributed by atoms with van der Waals surface area (Å²) in [7, 11) is 0. The van der Waals surface area contributed by atoms with Gasteiger partial charge < -0.3 is 15.0 Å². The minimum absolute atomic E-state index is 0.0104. The molecule has 0 aliphatic carbocycles. The highest BCUT2D eigenvalue weighted by atomic mass is 16.5. The molecule has 2 saturated heterocycles. The van der Waals surface area contributed by atoms with Gasteiger partial charge in [0.15, 0.2) is 0 Å². The van der Waals surface area contributed by atoms with E-state index < -0.39 is 11.6 Å². The third-order valence-corrected chi connectivity index (χ3v) is 7.82. The quantitative estimate of drug-likeness (QED) is 0.430. The molecule has 2 aliphatic rings. The molecule has 2 heterocycles. The van der Waals surface area contributed by atoms with Gasteiger partial charge >= 0.3 is 0 Å². The molecule has 2 amide bonds. The van der Waals surface area contributed by atoms with E-state index in [1.807, 2.05) is 77.7 Å². The summed E-state index contributed by atoms with van der Waals surface area (Å²) in [6, 6.07) is 27.4. The molecule has 6 heteroatoms. The topological polar surface area (TPSA) is 61.9 Å². The van der Waals surface area contributed by atoms with Crippen molar-refractivity contribution in [1.82, 2.24) is 15.1 Å². The molecule has 1 N–H and O–H groups in total. The molecule has 198 valence electrons. The lowest BCUT2D eigenvalue weighted by Crippen LogP contribution is -2.73. The number of ether oxygens (including phenoxy) is 1. The van der Waals surface area contributed by atoms with Crippen LogP contribution in [0.4, 0.5) is 0 Å². The number of hydrogen-bond acceptors (Lipinski definition) is 4. The number of likely N-dealkylation sites (tertiary alicyclic amines) is 1. The van der Waals surface area contributed by atoms with Crippen molar-refractivity contribution in [3.8, 4) is 11.5 Å². The van der Waals surface area contributed by atoms with Gasteiger partial charge in [-0.2, -0.15) is 0 Å². The van der Waals surface area contributed by atoms with E-state index in [9.17, 15) is 9.59 Å². The highest BCUT2D eigenvalue weighted by Gasteiger charge is 2.53. The summed E-state index contributed by atoms with van der Waals surface area (Å²) in [6.07, 6.45) is 3.73. The van der Waals surface area contributed by atoms with Crippen molar-refractivity contribution in [3.05, 3.63) is 96.1 Å². The smallest absolute Gasteiger partial charge is 0.246 e. The number of rotatable bonds is 9. The summed E-state index contributed by atoms with van der Waals surface area (Å²) >= 11 is 0. The number of nitrogens with zero attached hydrogens (tertiary/aromatic N) is 2. The molecule has 2 fully saturated rings. The van der Waals surface area contributed by atoms with E-state index in [-0.39, 0.29) is 11.8 Å². The van der Waals surface area contributed by atoms with Gasteiger partial charge in [-0.25, -0.2) is 0 Å². The molecule has 1 atom stereocenters. The normalized spacial score (nSPS) is 19.4. The number of hydrogen-bond donors (Lipinski definition) is 1. The van der Waals surface area contributed by atoms with Crippen molar-refractivity contribution in [1.29, 1.82) is 0 Å². The van der Waals surface area contributed by atoms with Crippen LogP contribution in [0, 0.1) is 0 Å². The number of unbranched alkanes of at least 4 members (excludes halogenated alkanes) is 1. The Bertz CT molecular complexity index is 1210. The highest BCUT2D eigenvalue weighted by molar-refractivity contribution is 6.00. The minimum Gasteiger partial charge on any atom is -0.457 e. The lowest BCUT2D eigenvalue weighted by atomic mass is 9.81. The lowest BCUT2D eigenvalue weighted by Gasteiger charge is -2.51. The van der Waals surface area contributed by atoms with Crippen molar-refractivity contribution in [2.45, 2.75) is 57.2 Å². The summed E-state index contributed by atoms with van der Waals surface area (Å²) in [4.78, 5) is 31.6. The zero-order valence-corrected chi connectivity index (χ0v) is 22.1. The van der Waals surface area contributed by atoms with Crippen LogP contribution >= 0.6 is 0 Å². The molecule has 0 bridgehead atoms. The second kappa shape index (κ2) is 11.8. The predicted molar refractivity (Wildman–Crippen MR) is 149 cm³/mol. The maximum atomic E-state index is 13.7. The Morgan fingerprint density at radius 3 is 2.13 bits per heavy atom. The summed E-state index contributed by atoms with van der Waals surface area (Å²) < 4.78 is 5.91. The lowest BCUT2D eigenvalue weighted by molar-refractivity contribution is -0.161. The van der Waals surface area contributed by atoms with E-state index in [0.29, 0.717) is 25.8 Å². The Balaban J connectivity index is 1.22. The Labute approximate surface area is 225 Å². The van der Waals surface area contributed by atoms with Crippen molar-refractivity contribution in [3.63, 3.8) is 0 Å². The molecule has 3 aromatic carbocycles. The van der Waals surface area contributed by atoms with Crippen LogP contribution in [0.3, 0.4) is 0 Å². The van der Waals surface area contributed by atoms with Gasteiger partial charge in [-0.15, -0.1) is 0 Å². The first-order valence-corrected chi connectivity index (χ1v) is 13.8. The molecule has 0 aromatic heterocycles. The van der Waals surface area contributed by atoms with Gasteiger partial charge in [0.2, 0.25) is 11.8 Å². The van der Waals surface area contributed by atoms with Crippen LogP contribution in [-0.2, 0) is 22.6 Å². The minimum atomic E-state index is -0.747. The highest BCUT2D eigenvalue weighted by Crippen LogP contribution is 2.34. The summed E-state index contributed by atoms with van der Waals surface area (Å²) in [5.41, 5.74) is 1.52. The molecule has 38 heavy (non-hydrogen) atoms. The van der Waals surface area contributed by atoms with Gasteiger partial charge in [0.1, 0.15) is 23.1 Å². The number of carbonyl (C=O) groups is 2. The first-order valence-electron chi connectivity index (χ1n) is 13.8. The predicted octanol–water partition coefficient (Wildman–Crippen LogP) is 5.18. The molecule has 1 spiro atoms. The first kappa shape index (κ1) is 26.0. The molecule has 2 aliphatic heterocycles. The zero-order valence-electron chi connectivity index (χ0n) is 22.1. The van der Waals surface area contributed by atoms with Crippen molar-refractivity contribution >= 4 is 11.8 Å². The first-order chi connectivity index (χ1) is 18.6. The molecule has 5 rings (SSSR count). The Morgan fingerprint density at radius 2 is 1.47 bits per heavy atom. The van der Waals surface area contributed by atoms with Crippen LogP contribution in [0.5, 0.6) is 11.5 Å². The average molecular weight is 512 g/mol. The zero-order chi connectivity index (χ0) is 26.4. The van der Waals surface area contributed by atoms with Gasteiger partial charge in [0.05, 0.1) is 0 Å². The summed E-state index contributed by atoms with van der Waals surface area (Å²) in [5, 5.41) is 3.11. The number of nitrogens with one attached hydrogen (secondary N) is 1. The monoisotopic (exact) mass is 511 g/mol. The molecule has 6 nitrogen and oxygen atoms in total. The van der Waals surface area contributed by atoms with E-state index >= 15 is 0 Å². The number of piperidine rings is 1.